The number of nitro groups is 1. The van der Waals surface area contributed by atoms with Crippen LogP contribution in [-0.2, 0) is 0 Å². The SMILES string of the molecule is COc1ccc2nc3c(C)ccc([N+](=O)[O-])c3c(Oc3ccccc3)c2c1. The van der Waals surface area contributed by atoms with Gasteiger partial charge < -0.3 is 9.47 Å². The van der Waals surface area contributed by atoms with Gasteiger partial charge in [-0.05, 0) is 42.8 Å². The molecule has 6 nitrogen and oxygen atoms in total. The first-order chi connectivity index (χ1) is 13.1. The van der Waals surface area contributed by atoms with E-state index < -0.39 is 4.92 Å². The number of hydrogen-bond acceptors (Lipinski definition) is 5. The molecule has 0 radical (unpaired) electrons. The molecule has 4 aromatic rings. The minimum atomic E-state index is -0.409. The number of benzene rings is 3. The van der Waals surface area contributed by atoms with Gasteiger partial charge in [0.2, 0.25) is 0 Å². The maximum absolute atomic E-state index is 11.7. The number of aromatic nitrogens is 1. The molecule has 0 saturated heterocycles. The van der Waals surface area contributed by atoms with Crippen molar-refractivity contribution in [1.29, 1.82) is 0 Å². The van der Waals surface area contributed by atoms with Crippen molar-refractivity contribution in [2.45, 2.75) is 6.92 Å². The summed E-state index contributed by atoms with van der Waals surface area (Å²) in [6.45, 7) is 1.88. The highest BCUT2D eigenvalue weighted by atomic mass is 16.6. The number of para-hydroxylation sites is 1. The first kappa shape index (κ1) is 16.8. The van der Waals surface area contributed by atoms with Crippen LogP contribution in [0.1, 0.15) is 5.56 Å². The fraction of sp³-hybridized carbons (Fsp3) is 0.0952. The number of non-ortho nitro benzene ring substituents is 1. The molecule has 6 heteroatoms. The zero-order valence-corrected chi connectivity index (χ0v) is 14.8. The molecule has 0 aliphatic carbocycles. The van der Waals surface area contributed by atoms with Gasteiger partial charge in [-0.15, -0.1) is 0 Å². The second-order valence-electron chi connectivity index (χ2n) is 6.12. The van der Waals surface area contributed by atoms with Gasteiger partial charge in [0, 0.05) is 11.5 Å². The Hall–Kier alpha value is -3.67. The number of nitrogens with zero attached hydrogens (tertiary/aromatic N) is 2. The Balaban J connectivity index is 2.15. The van der Waals surface area contributed by atoms with Crippen molar-refractivity contribution in [2.75, 3.05) is 7.11 Å². The van der Waals surface area contributed by atoms with Gasteiger partial charge in [-0.3, -0.25) is 10.1 Å². The maximum atomic E-state index is 11.7. The summed E-state index contributed by atoms with van der Waals surface area (Å²) < 4.78 is 11.5. The van der Waals surface area contributed by atoms with Crippen LogP contribution in [0, 0.1) is 17.0 Å². The molecule has 1 aromatic heterocycles. The third-order valence-corrected chi connectivity index (χ3v) is 4.43. The predicted molar refractivity (Wildman–Crippen MR) is 104 cm³/mol. The molecule has 0 unspecified atom stereocenters. The molecule has 134 valence electrons. The fourth-order valence-corrected chi connectivity index (χ4v) is 3.09. The van der Waals surface area contributed by atoms with Crippen LogP contribution in [0.4, 0.5) is 5.69 Å². The van der Waals surface area contributed by atoms with Crippen LogP contribution in [0.25, 0.3) is 21.8 Å². The summed E-state index contributed by atoms with van der Waals surface area (Å²) in [7, 11) is 1.57. The normalized spacial score (nSPS) is 10.9. The van der Waals surface area contributed by atoms with Gasteiger partial charge in [-0.2, -0.15) is 0 Å². The molecule has 0 amide bonds. The van der Waals surface area contributed by atoms with Gasteiger partial charge in [0.1, 0.15) is 16.9 Å². The molecule has 0 N–H and O–H groups in total. The molecular formula is C21H16N2O4. The van der Waals surface area contributed by atoms with E-state index in [2.05, 4.69) is 4.98 Å². The lowest BCUT2D eigenvalue weighted by Crippen LogP contribution is -1.97. The van der Waals surface area contributed by atoms with Crippen molar-refractivity contribution in [2.24, 2.45) is 0 Å². The predicted octanol–water partition coefficient (Wildman–Crippen LogP) is 5.41. The molecule has 4 rings (SSSR count). The average Bonchev–Trinajstić information content (AvgIpc) is 2.68. The lowest BCUT2D eigenvalue weighted by Gasteiger charge is -2.14. The van der Waals surface area contributed by atoms with E-state index in [4.69, 9.17) is 9.47 Å². The number of rotatable bonds is 4. The Morgan fingerprint density at radius 2 is 1.78 bits per heavy atom. The van der Waals surface area contributed by atoms with Gasteiger partial charge in [0.25, 0.3) is 5.69 Å². The summed E-state index contributed by atoms with van der Waals surface area (Å²) >= 11 is 0. The quantitative estimate of drug-likeness (QED) is 0.276. The molecule has 0 aliphatic rings. The molecule has 0 aliphatic heterocycles. The minimum absolute atomic E-state index is 0.0428. The summed E-state index contributed by atoms with van der Waals surface area (Å²) in [5.74, 6) is 1.61. The Labute approximate surface area is 155 Å². The monoisotopic (exact) mass is 360 g/mol. The van der Waals surface area contributed by atoms with Crippen molar-refractivity contribution in [3.05, 3.63) is 76.3 Å². The van der Waals surface area contributed by atoms with Crippen molar-refractivity contribution < 1.29 is 14.4 Å². The van der Waals surface area contributed by atoms with Crippen LogP contribution in [0.5, 0.6) is 17.2 Å². The molecule has 0 fully saturated rings. The average molecular weight is 360 g/mol. The largest absolute Gasteiger partial charge is 0.497 e. The lowest BCUT2D eigenvalue weighted by molar-refractivity contribution is -0.383. The Morgan fingerprint density at radius 1 is 1.00 bits per heavy atom. The van der Waals surface area contributed by atoms with Gasteiger partial charge in [0.15, 0.2) is 5.75 Å². The van der Waals surface area contributed by atoms with Crippen LogP contribution in [0.3, 0.4) is 0 Å². The van der Waals surface area contributed by atoms with E-state index in [1.165, 1.54) is 6.07 Å². The highest BCUT2D eigenvalue weighted by molar-refractivity contribution is 6.06. The van der Waals surface area contributed by atoms with Crippen LogP contribution in [0.15, 0.2) is 60.7 Å². The van der Waals surface area contributed by atoms with Crippen LogP contribution >= 0.6 is 0 Å². The van der Waals surface area contributed by atoms with Crippen molar-refractivity contribution in [3.8, 4) is 17.2 Å². The van der Waals surface area contributed by atoms with Crippen LogP contribution in [-0.4, -0.2) is 17.0 Å². The molecule has 0 spiro atoms. The van der Waals surface area contributed by atoms with E-state index in [0.717, 1.165) is 5.56 Å². The number of pyridine rings is 1. The highest BCUT2D eigenvalue weighted by Gasteiger charge is 2.22. The van der Waals surface area contributed by atoms with Gasteiger partial charge in [-0.1, -0.05) is 24.3 Å². The Kier molecular flexibility index (Phi) is 4.08. The molecule has 0 bridgehead atoms. The van der Waals surface area contributed by atoms with E-state index in [9.17, 15) is 10.1 Å². The summed E-state index contributed by atoms with van der Waals surface area (Å²) in [5.41, 5.74) is 2.02. The fourth-order valence-electron chi connectivity index (χ4n) is 3.09. The van der Waals surface area contributed by atoms with Crippen LogP contribution in [0.2, 0.25) is 0 Å². The lowest BCUT2D eigenvalue weighted by atomic mass is 10.0. The van der Waals surface area contributed by atoms with Gasteiger partial charge in [-0.25, -0.2) is 4.98 Å². The smallest absolute Gasteiger partial charge is 0.282 e. The minimum Gasteiger partial charge on any atom is -0.497 e. The van der Waals surface area contributed by atoms with Crippen molar-refractivity contribution in [1.82, 2.24) is 4.98 Å². The van der Waals surface area contributed by atoms with Gasteiger partial charge >= 0.3 is 0 Å². The molecule has 0 atom stereocenters. The van der Waals surface area contributed by atoms with Gasteiger partial charge in [0.05, 0.1) is 23.1 Å². The first-order valence-electron chi connectivity index (χ1n) is 8.37. The number of ether oxygens (including phenoxy) is 2. The molecule has 1 heterocycles. The maximum Gasteiger partial charge on any atom is 0.282 e. The molecular weight excluding hydrogens is 344 g/mol. The van der Waals surface area contributed by atoms with E-state index >= 15 is 0 Å². The topological polar surface area (TPSA) is 74.5 Å². The zero-order valence-electron chi connectivity index (χ0n) is 14.8. The standard InChI is InChI=1S/C21H16N2O4/c1-13-8-11-18(23(24)25)19-20(13)22-17-10-9-15(26-2)12-16(17)21(19)27-14-6-4-3-5-7-14/h3-12H,1-2H3. The summed E-state index contributed by atoms with van der Waals surface area (Å²) in [6.07, 6.45) is 0. The van der Waals surface area contributed by atoms with E-state index in [1.54, 1.807) is 37.4 Å². The summed E-state index contributed by atoms with van der Waals surface area (Å²) in [6, 6.07) is 17.8. The van der Waals surface area contributed by atoms with E-state index in [1.807, 2.05) is 31.2 Å². The molecule has 27 heavy (non-hydrogen) atoms. The number of aryl methyl sites for hydroxylation is 1. The molecule has 0 saturated carbocycles. The molecule has 3 aromatic carbocycles. The van der Waals surface area contributed by atoms with Crippen LogP contribution < -0.4 is 9.47 Å². The first-order valence-corrected chi connectivity index (χ1v) is 8.37. The summed E-state index contributed by atoms with van der Waals surface area (Å²) in [5, 5.41) is 12.7. The highest BCUT2D eigenvalue weighted by Crippen LogP contribution is 2.42. The Morgan fingerprint density at radius 3 is 2.48 bits per heavy atom. The van der Waals surface area contributed by atoms with Crippen molar-refractivity contribution in [3.63, 3.8) is 0 Å². The number of hydrogen-bond donors (Lipinski definition) is 0. The Bertz CT molecular complexity index is 1170. The van der Waals surface area contributed by atoms with E-state index in [0.29, 0.717) is 39.1 Å². The summed E-state index contributed by atoms with van der Waals surface area (Å²) in [4.78, 5) is 15.9. The van der Waals surface area contributed by atoms with E-state index in [-0.39, 0.29) is 5.69 Å². The second-order valence-corrected chi connectivity index (χ2v) is 6.12. The third kappa shape index (κ3) is 2.91. The number of nitro benzene ring substituents is 1. The number of methoxy groups -OCH3 is 1. The second kappa shape index (κ2) is 6.57. The zero-order chi connectivity index (χ0) is 19.0. The van der Waals surface area contributed by atoms with Crippen molar-refractivity contribution >= 4 is 27.5 Å². The third-order valence-electron chi connectivity index (χ3n) is 4.43. The number of fused-ring (bicyclic) bond motifs is 2.